The molecule has 2 nitrogen and oxygen atoms in total. The van der Waals surface area contributed by atoms with Crippen LogP contribution >= 0.6 is 0 Å². The van der Waals surface area contributed by atoms with E-state index < -0.39 is 0 Å². The fourth-order valence-electron chi connectivity index (χ4n) is 3.13. The zero-order valence-corrected chi connectivity index (χ0v) is 11.7. The molecule has 1 aliphatic heterocycles. The van der Waals surface area contributed by atoms with Crippen LogP contribution in [0.4, 0.5) is 0 Å². The molecule has 0 spiro atoms. The lowest BCUT2D eigenvalue weighted by Crippen LogP contribution is -2.48. The van der Waals surface area contributed by atoms with E-state index >= 15 is 0 Å². The quantitative estimate of drug-likeness (QED) is 0.885. The Labute approximate surface area is 111 Å². The maximum absolute atomic E-state index is 5.86. The van der Waals surface area contributed by atoms with Crippen molar-refractivity contribution in [1.29, 1.82) is 0 Å². The van der Waals surface area contributed by atoms with Crippen LogP contribution in [0.25, 0.3) is 0 Å². The minimum absolute atomic E-state index is 0.637. The third-order valence-electron chi connectivity index (χ3n) is 4.18. The van der Waals surface area contributed by atoms with Crippen LogP contribution in [0.1, 0.15) is 32.3 Å². The van der Waals surface area contributed by atoms with Crippen LogP contribution < -0.4 is 5.73 Å². The van der Waals surface area contributed by atoms with E-state index in [4.69, 9.17) is 5.73 Å². The molecule has 1 aromatic carbocycles. The molecule has 2 N–H and O–H groups in total. The highest BCUT2D eigenvalue weighted by Gasteiger charge is 2.29. The van der Waals surface area contributed by atoms with Gasteiger partial charge in [0.2, 0.25) is 0 Å². The summed E-state index contributed by atoms with van der Waals surface area (Å²) in [5.74, 6) is 0.716. The van der Waals surface area contributed by atoms with Gasteiger partial charge in [0.15, 0.2) is 0 Å². The fraction of sp³-hybridized carbons (Fsp3) is 0.625. The normalized spacial score (nSPS) is 25.6. The van der Waals surface area contributed by atoms with Gasteiger partial charge in [-0.25, -0.2) is 0 Å². The zero-order valence-electron chi connectivity index (χ0n) is 11.7. The van der Waals surface area contributed by atoms with E-state index in [0.717, 1.165) is 13.0 Å². The summed E-state index contributed by atoms with van der Waals surface area (Å²) in [5.41, 5.74) is 7.31. The predicted octanol–water partition coefficient (Wildman–Crippen LogP) is 2.68. The Morgan fingerprint density at radius 3 is 2.61 bits per heavy atom. The summed E-state index contributed by atoms with van der Waals surface area (Å²) >= 11 is 0. The maximum Gasteiger partial charge on any atom is 0.0141 e. The highest BCUT2D eigenvalue weighted by atomic mass is 15.2. The standard InChI is InChI=1S/C16H26N2/c1-13(2)18-9-8-15(12-17)11-16(18)10-14-6-4-3-5-7-14/h3-7,13,15-16H,8-12,17H2,1-2H3/t15-,16+/m0/s1. The molecular weight excluding hydrogens is 220 g/mol. The first-order valence-corrected chi connectivity index (χ1v) is 7.20. The van der Waals surface area contributed by atoms with Crippen molar-refractivity contribution in [3.05, 3.63) is 35.9 Å². The molecule has 0 unspecified atom stereocenters. The topological polar surface area (TPSA) is 29.3 Å². The van der Waals surface area contributed by atoms with Gasteiger partial charge in [0.25, 0.3) is 0 Å². The number of rotatable bonds is 4. The molecule has 18 heavy (non-hydrogen) atoms. The molecule has 0 aromatic heterocycles. The highest BCUT2D eigenvalue weighted by molar-refractivity contribution is 5.16. The fourth-order valence-corrected chi connectivity index (χ4v) is 3.13. The third-order valence-corrected chi connectivity index (χ3v) is 4.18. The second-order valence-electron chi connectivity index (χ2n) is 5.80. The minimum Gasteiger partial charge on any atom is -0.330 e. The molecule has 1 aliphatic rings. The number of benzene rings is 1. The summed E-state index contributed by atoms with van der Waals surface area (Å²) in [6, 6.07) is 12.1. The second kappa shape index (κ2) is 6.35. The minimum atomic E-state index is 0.637. The van der Waals surface area contributed by atoms with Crippen molar-refractivity contribution in [2.24, 2.45) is 11.7 Å². The number of piperidine rings is 1. The third kappa shape index (κ3) is 3.33. The molecule has 2 rings (SSSR count). The van der Waals surface area contributed by atoms with Crippen LogP contribution in [0.3, 0.4) is 0 Å². The summed E-state index contributed by atoms with van der Waals surface area (Å²) in [5, 5.41) is 0. The molecule has 0 radical (unpaired) electrons. The predicted molar refractivity (Wildman–Crippen MR) is 77.6 cm³/mol. The van der Waals surface area contributed by atoms with Gasteiger partial charge in [-0.3, -0.25) is 4.90 Å². The Morgan fingerprint density at radius 2 is 2.00 bits per heavy atom. The molecule has 1 aromatic rings. The van der Waals surface area contributed by atoms with Crippen LogP contribution in [0.2, 0.25) is 0 Å². The van der Waals surface area contributed by atoms with E-state index in [0.29, 0.717) is 18.0 Å². The van der Waals surface area contributed by atoms with Gasteiger partial charge in [-0.1, -0.05) is 30.3 Å². The molecule has 1 fully saturated rings. The first-order valence-electron chi connectivity index (χ1n) is 7.20. The lowest BCUT2D eigenvalue weighted by atomic mass is 9.87. The first kappa shape index (κ1) is 13.6. The lowest BCUT2D eigenvalue weighted by molar-refractivity contribution is 0.0835. The number of nitrogens with zero attached hydrogens (tertiary/aromatic N) is 1. The average molecular weight is 246 g/mol. The molecule has 2 atom stereocenters. The smallest absolute Gasteiger partial charge is 0.0141 e. The lowest BCUT2D eigenvalue weighted by Gasteiger charge is -2.42. The molecule has 100 valence electrons. The van der Waals surface area contributed by atoms with E-state index in [-0.39, 0.29) is 0 Å². The summed E-state index contributed by atoms with van der Waals surface area (Å²) in [7, 11) is 0. The summed E-state index contributed by atoms with van der Waals surface area (Å²) in [4.78, 5) is 2.65. The van der Waals surface area contributed by atoms with Crippen LogP contribution in [-0.2, 0) is 6.42 Å². The summed E-state index contributed by atoms with van der Waals surface area (Å²) in [6.45, 7) is 6.66. The molecule has 2 heteroatoms. The van der Waals surface area contributed by atoms with Gasteiger partial charge in [0, 0.05) is 12.1 Å². The second-order valence-corrected chi connectivity index (χ2v) is 5.80. The van der Waals surface area contributed by atoms with Crippen LogP contribution in [0, 0.1) is 5.92 Å². The van der Waals surface area contributed by atoms with Crippen molar-refractivity contribution in [3.8, 4) is 0 Å². The average Bonchev–Trinajstić information content (AvgIpc) is 2.39. The Kier molecular flexibility index (Phi) is 4.79. The van der Waals surface area contributed by atoms with E-state index in [1.807, 2.05) is 0 Å². The number of nitrogens with two attached hydrogens (primary N) is 1. The zero-order chi connectivity index (χ0) is 13.0. The van der Waals surface area contributed by atoms with Crippen molar-refractivity contribution in [3.63, 3.8) is 0 Å². The largest absolute Gasteiger partial charge is 0.330 e. The van der Waals surface area contributed by atoms with Crippen molar-refractivity contribution in [2.45, 2.75) is 45.2 Å². The van der Waals surface area contributed by atoms with E-state index in [2.05, 4.69) is 49.1 Å². The number of hydrogen-bond donors (Lipinski definition) is 1. The number of hydrogen-bond acceptors (Lipinski definition) is 2. The van der Waals surface area contributed by atoms with Gasteiger partial charge in [-0.05, 0) is 57.7 Å². The molecule has 1 saturated heterocycles. The molecule has 0 amide bonds. The van der Waals surface area contributed by atoms with Gasteiger partial charge < -0.3 is 5.73 Å². The highest BCUT2D eigenvalue weighted by Crippen LogP contribution is 2.26. The number of likely N-dealkylation sites (tertiary alicyclic amines) is 1. The van der Waals surface area contributed by atoms with E-state index in [1.165, 1.54) is 24.9 Å². The van der Waals surface area contributed by atoms with Gasteiger partial charge >= 0.3 is 0 Å². The van der Waals surface area contributed by atoms with Gasteiger partial charge in [-0.2, -0.15) is 0 Å². The Hall–Kier alpha value is -0.860. The van der Waals surface area contributed by atoms with Crippen LogP contribution in [0.5, 0.6) is 0 Å². The van der Waals surface area contributed by atoms with Crippen molar-refractivity contribution in [2.75, 3.05) is 13.1 Å². The Bertz CT molecular complexity index is 347. The van der Waals surface area contributed by atoms with E-state index in [1.54, 1.807) is 0 Å². The van der Waals surface area contributed by atoms with Crippen molar-refractivity contribution >= 4 is 0 Å². The monoisotopic (exact) mass is 246 g/mol. The van der Waals surface area contributed by atoms with Crippen molar-refractivity contribution < 1.29 is 0 Å². The SMILES string of the molecule is CC(C)N1CC[C@H](CN)C[C@H]1Cc1ccccc1. The van der Waals surface area contributed by atoms with Crippen LogP contribution in [0.15, 0.2) is 30.3 Å². The molecular formula is C16H26N2. The Balaban J connectivity index is 2.05. The summed E-state index contributed by atoms with van der Waals surface area (Å²) in [6.07, 6.45) is 3.68. The van der Waals surface area contributed by atoms with Crippen LogP contribution in [-0.4, -0.2) is 30.1 Å². The molecule has 0 bridgehead atoms. The van der Waals surface area contributed by atoms with Gasteiger partial charge in [0.05, 0.1) is 0 Å². The molecule has 1 heterocycles. The maximum atomic E-state index is 5.86. The summed E-state index contributed by atoms with van der Waals surface area (Å²) < 4.78 is 0. The Morgan fingerprint density at radius 1 is 1.28 bits per heavy atom. The molecule has 0 saturated carbocycles. The van der Waals surface area contributed by atoms with Gasteiger partial charge in [0.1, 0.15) is 0 Å². The first-order chi connectivity index (χ1) is 8.70. The molecule has 0 aliphatic carbocycles. The van der Waals surface area contributed by atoms with Gasteiger partial charge in [-0.15, -0.1) is 0 Å². The van der Waals surface area contributed by atoms with E-state index in [9.17, 15) is 0 Å². The van der Waals surface area contributed by atoms with Crippen molar-refractivity contribution in [1.82, 2.24) is 4.90 Å².